The van der Waals surface area contributed by atoms with E-state index >= 15 is 0 Å². The Kier molecular flexibility index (Phi) is 8.89. The molecule has 1 unspecified atom stereocenters. The Morgan fingerprint density at radius 3 is 2.67 bits per heavy atom. The molecule has 0 spiro atoms. The highest BCUT2D eigenvalue weighted by Crippen LogP contribution is 2.27. The van der Waals surface area contributed by atoms with Crippen LogP contribution in [0, 0.1) is 11.7 Å². The number of ether oxygens (including phenoxy) is 1. The number of carbonyl (C=O) groups is 3. The number of amides is 2. The molecule has 2 heterocycles. The zero-order valence-corrected chi connectivity index (χ0v) is 23.3. The third-order valence-electron chi connectivity index (χ3n) is 6.61. The Bertz CT molecular complexity index is 1520. The van der Waals surface area contributed by atoms with Gasteiger partial charge >= 0.3 is 0 Å². The molecule has 2 N–H and O–H groups in total. The lowest BCUT2D eigenvalue weighted by molar-refractivity contribution is -0.135. The zero-order chi connectivity index (χ0) is 29.0. The standard InChI is InChI=1S/C28H32FN3O7S/c1-17(2)12-22(31-27(34)26-14-18-13-20(38-3)9-10-25(18)39-26)28(35)32(23-8-5-11-30-16-24(23)33)40(36,37)21-7-4-6-19(29)15-21/h4,6-7,9-10,13-15,17,22-23,30H,5,8,11-12,16H2,1-3H3,(H,31,34)/t22?,23-/m0/s1. The summed E-state index contributed by atoms with van der Waals surface area (Å²) in [6.07, 6.45) is 0.593. The number of benzene rings is 2. The molecule has 1 fully saturated rings. The van der Waals surface area contributed by atoms with Crippen molar-refractivity contribution in [1.29, 1.82) is 0 Å². The molecule has 2 atom stereocenters. The summed E-state index contributed by atoms with van der Waals surface area (Å²) in [7, 11) is -3.16. The predicted molar refractivity (Wildman–Crippen MR) is 145 cm³/mol. The Morgan fingerprint density at radius 2 is 1.98 bits per heavy atom. The summed E-state index contributed by atoms with van der Waals surface area (Å²) < 4.78 is 53.1. The van der Waals surface area contributed by atoms with Gasteiger partial charge in [0.2, 0.25) is 0 Å². The van der Waals surface area contributed by atoms with E-state index in [-0.39, 0.29) is 31.1 Å². The second-order valence-electron chi connectivity index (χ2n) is 10.1. The maximum Gasteiger partial charge on any atom is 0.287 e. The number of methoxy groups -OCH3 is 1. The smallest absolute Gasteiger partial charge is 0.287 e. The third-order valence-corrected chi connectivity index (χ3v) is 8.41. The van der Waals surface area contributed by atoms with Gasteiger partial charge in [0.1, 0.15) is 29.2 Å². The van der Waals surface area contributed by atoms with E-state index in [9.17, 15) is 27.2 Å². The molecule has 4 rings (SSSR count). The van der Waals surface area contributed by atoms with Gasteiger partial charge in [-0.25, -0.2) is 17.1 Å². The van der Waals surface area contributed by atoms with Crippen LogP contribution in [0.2, 0.25) is 0 Å². The number of nitrogens with one attached hydrogen (secondary N) is 2. The van der Waals surface area contributed by atoms with E-state index in [0.29, 0.717) is 34.0 Å². The van der Waals surface area contributed by atoms with Crippen molar-refractivity contribution in [3.8, 4) is 5.75 Å². The summed E-state index contributed by atoms with van der Waals surface area (Å²) >= 11 is 0. The van der Waals surface area contributed by atoms with Crippen LogP contribution in [0.1, 0.15) is 43.7 Å². The Morgan fingerprint density at radius 1 is 1.20 bits per heavy atom. The van der Waals surface area contributed by atoms with Gasteiger partial charge < -0.3 is 19.8 Å². The summed E-state index contributed by atoms with van der Waals surface area (Å²) in [6.45, 7) is 3.96. The molecule has 0 aliphatic carbocycles. The quantitative estimate of drug-likeness (QED) is 0.398. The lowest BCUT2D eigenvalue weighted by Gasteiger charge is -2.33. The van der Waals surface area contributed by atoms with Crippen LogP contribution in [0.4, 0.5) is 4.39 Å². The van der Waals surface area contributed by atoms with Gasteiger partial charge in [-0.1, -0.05) is 19.9 Å². The van der Waals surface area contributed by atoms with E-state index < -0.39 is 50.4 Å². The molecule has 10 nitrogen and oxygen atoms in total. The molecule has 1 saturated heterocycles. The van der Waals surface area contributed by atoms with Crippen LogP contribution < -0.4 is 15.4 Å². The minimum absolute atomic E-state index is 0.0763. The minimum atomic E-state index is -4.67. The van der Waals surface area contributed by atoms with Gasteiger partial charge in [0.15, 0.2) is 11.5 Å². The maximum atomic E-state index is 14.1. The van der Waals surface area contributed by atoms with Crippen molar-refractivity contribution in [2.45, 2.75) is 50.1 Å². The molecule has 0 radical (unpaired) electrons. The SMILES string of the molecule is COc1ccc2oc(C(=O)NC(CC(C)C)C(=O)N([C@H]3CCCNCC3=O)S(=O)(=O)c3cccc(F)c3)cc2c1. The molecule has 0 bridgehead atoms. The summed E-state index contributed by atoms with van der Waals surface area (Å²) in [4.78, 5) is 39.9. The van der Waals surface area contributed by atoms with Crippen molar-refractivity contribution < 1.29 is 36.3 Å². The number of Topliss-reactive ketones (excluding diaryl/α,β-unsaturated/α-hetero) is 1. The number of hydrogen-bond acceptors (Lipinski definition) is 8. The van der Waals surface area contributed by atoms with Crippen LogP contribution >= 0.6 is 0 Å². The first-order chi connectivity index (χ1) is 19.0. The fourth-order valence-corrected chi connectivity index (χ4v) is 6.34. The van der Waals surface area contributed by atoms with Gasteiger partial charge in [0, 0.05) is 5.39 Å². The number of sulfonamides is 1. The van der Waals surface area contributed by atoms with Crippen molar-refractivity contribution in [2.75, 3.05) is 20.2 Å². The first-order valence-electron chi connectivity index (χ1n) is 13.0. The highest BCUT2D eigenvalue weighted by Gasteiger charge is 2.43. The highest BCUT2D eigenvalue weighted by molar-refractivity contribution is 7.89. The minimum Gasteiger partial charge on any atom is -0.497 e. The van der Waals surface area contributed by atoms with Crippen LogP contribution in [-0.2, 0) is 19.6 Å². The van der Waals surface area contributed by atoms with Crippen LogP contribution in [0.25, 0.3) is 11.0 Å². The van der Waals surface area contributed by atoms with Crippen molar-refractivity contribution in [2.24, 2.45) is 5.92 Å². The summed E-state index contributed by atoms with van der Waals surface area (Å²) in [5, 5.41) is 6.14. The molecule has 2 aromatic carbocycles. The number of nitrogens with zero attached hydrogens (tertiary/aromatic N) is 1. The summed E-state index contributed by atoms with van der Waals surface area (Å²) in [5.41, 5.74) is 0.421. The molecular formula is C28H32FN3O7S. The van der Waals surface area contributed by atoms with Crippen LogP contribution in [-0.4, -0.2) is 62.6 Å². The molecule has 40 heavy (non-hydrogen) atoms. The average molecular weight is 574 g/mol. The van der Waals surface area contributed by atoms with E-state index in [2.05, 4.69) is 10.6 Å². The monoisotopic (exact) mass is 573 g/mol. The van der Waals surface area contributed by atoms with Crippen LogP contribution in [0.15, 0.2) is 57.8 Å². The molecule has 12 heteroatoms. The number of rotatable bonds is 9. The molecule has 0 saturated carbocycles. The highest BCUT2D eigenvalue weighted by atomic mass is 32.2. The second kappa shape index (κ2) is 12.2. The fourth-order valence-electron chi connectivity index (χ4n) is 4.68. The van der Waals surface area contributed by atoms with Crippen LogP contribution in [0.3, 0.4) is 0 Å². The van der Waals surface area contributed by atoms with Crippen molar-refractivity contribution in [3.63, 3.8) is 0 Å². The van der Waals surface area contributed by atoms with E-state index in [1.54, 1.807) is 18.2 Å². The third kappa shape index (κ3) is 6.34. The number of ketones is 1. The number of furan rings is 1. The molecule has 2 amide bonds. The molecule has 214 valence electrons. The normalized spacial score (nSPS) is 16.9. The Hall–Kier alpha value is -3.77. The van der Waals surface area contributed by atoms with Gasteiger partial charge in [0.05, 0.1) is 18.6 Å². The van der Waals surface area contributed by atoms with Crippen molar-refractivity contribution in [1.82, 2.24) is 14.9 Å². The number of hydrogen-bond donors (Lipinski definition) is 2. The second-order valence-corrected chi connectivity index (χ2v) is 11.9. The van der Waals surface area contributed by atoms with Crippen molar-refractivity contribution >= 4 is 38.6 Å². The molecule has 1 aliphatic heterocycles. The summed E-state index contributed by atoms with van der Waals surface area (Å²) in [6, 6.07) is 8.11. The van der Waals surface area contributed by atoms with Crippen molar-refractivity contribution in [3.05, 3.63) is 60.1 Å². The fraction of sp³-hybridized carbons (Fsp3) is 0.393. The number of carbonyl (C=O) groups excluding carboxylic acids is 3. The summed E-state index contributed by atoms with van der Waals surface area (Å²) in [5.74, 6) is -2.68. The molecule has 1 aromatic heterocycles. The van der Waals surface area contributed by atoms with Gasteiger partial charge in [-0.15, -0.1) is 0 Å². The Balaban J connectivity index is 1.72. The Labute approximate surface area is 231 Å². The number of fused-ring (bicyclic) bond motifs is 1. The zero-order valence-electron chi connectivity index (χ0n) is 22.5. The van der Waals surface area contributed by atoms with E-state index in [0.717, 1.165) is 18.2 Å². The molecule has 3 aromatic rings. The average Bonchev–Trinajstić information content (AvgIpc) is 3.23. The first-order valence-corrected chi connectivity index (χ1v) is 14.4. The van der Waals surface area contributed by atoms with Gasteiger partial charge in [-0.3, -0.25) is 14.4 Å². The van der Waals surface area contributed by atoms with Crippen LogP contribution in [0.5, 0.6) is 5.75 Å². The first kappa shape index (κ1) is 29.2. The van der Waals surface area contributed by atoms with E-state index in [1.165, 1.54) is 19.2 Å². The van der Waals surface area contributed by atoms with E-state index in [4.69, 9.17) is 9.15 Å². The largest absolute Gasteiger partial charge is 0.497 e. The maximum absolute atomic E-state index is 14.1. The topological polar surface area (TPSA) is 135 Å². The van der Waals surface area contributed by atoms with Gasteiger partial charge in [-0.05, 0) is 74.2 Å². The molecular weight excluding hydrogens is 541 g/mol. The van der Waals surface area contributed by atoms with Gasteiger partial charge in [-0.2, -0.15) is 0 Å². The van der Waals surface area contributed by atoms with Gasteiger partial charge in [0.25, 0.3) is 21.8 Å². The molecule has 1 aliphatic rings. The lowest BCUT2D eigenvalue weighted by atomic mass is 10.0. The van der Waals surface area contributed by atoms with E-state index in [1.807, 2.05) is 13.8 Å². The lowest BCUT2D eigenvalue weighted by Crippen LogP contribution is -2.56. The number of halogens is 1. The predicted octanol–water partition coefficient (Wildman–Crippen LogP) is 3.26.